The molecule has 100 valence electrons. The lowest BCUT2D eigenvalue weighted by molar-refractivity contribution is 0.660. The molecule has 1 heteroatoms. The van der Waals surface area contributed by atoms with E-state index in [9.17, 15) is 4.39 Å². The number of allylic oxidation sites excluding steroid dienone is 8. The van der Waals surface area contributed by atoms with Crippen molar-refractivity contribution >= 4 is 0 Å². The summed E-state index contributed by atoms with van der Waals surface area (Å²) in [4.78, 5) is 0. The quantitative estimate of drug-likeness (QED) is 0.388. The molecule has 0 aromatic carbocycles. The van der Waals surface area contributed by atoms with Gasteiger partial charge >= 0.3 is 0 Å². The van der Waals surface area contributed by atoms with Gasteiger partial charge in [-0.1, -0.05) is 49.0 Å². The van der Waals surface area contributed by atoms with E-state index in [-0.39, 0.29) is 5.83 Å². The van der Waals surface area contributed by atoms with Gasteiger partial charge in [0.1, 0.15) is 5.83 Å². The Morgan fingerprint density at radius 2 is 1.83 bits per heavy atom. The summed E-state index contributed by atoms with van der Waals surface area (Å²) in [6.45, 7) is 15.6. The molecule has 0 radical (unpaired) electrons. The van der Waals surface area contributed by atoms with Crippen molar-refractivity contribution in [2.45, 2.75) is 40.5 Å². The fourth-order valence-corrected chi connectivity index (χ4v) is 1.52. The molecule has 0 aliphatic heterocycles. The standard InChI is InChI=1S/C17H25F/c1-7-17(18)11-10-15(5)16(6)12-14(4)9-8-13(2)3/h7,9-11,16H,1-2,8,12H2,3-6H3/b14-9+,15-10+,17-11+. The summed E-state index contributed by atoms with van der Waals surface area (Å²) in [7, 11) is 0. The molecule has 0 bridgehead atoms. The van der Waals surface area contributed by atoms with E-state index in [1.165, 1.54) is 28.9 Å². The van der Waals surface area contributed by atoms with Gasteiger partial charge in [-0.2, -0.15) is 0 Å². The van der Waals surface area contributed by atoms with E-state index in [4.69, 9.17) is 0 Å². The Morgan fingerprint density at radius 3 is 2.33 bits per heavy atom. The molecule has 0 heterocycles. The Balaban J connectivity index is 4.48. The molecular formula is C17H25F. The molecule has 1 unspecified atom stereocenters. The van der Waals surface area contributed by atoms with E-state index < -0.39 is 0 Å². The van der Waals surface area contributed by atoms with Gasteiger partial charge in [-0.25, -0.2) is 4.39 Å². The lowest BCUT2D eigenvalue weighted by atomic mass is 9.94. The van der Waals surface area contributed by atoms with E-state index in [0.29, 0.717) is 5.92 Å². The third-order valence-electron chi connectivity index (χ3n) is 2.90. The van der Waals surface area contributed by atoms with Crippen molar-refractivity contribution in [3.8, 4) is 0 Å². The first-order valence-corrected chi connectivity index (χ1v) is 6.33. The highest BCUT2D eigenvalue weighted by Crippen LogP contribution is 2.20. The Bertz CT molecular complexity index is 380. The van der Waals surface area contributed by atoms with Gasteiger partial charge in [0, 0.05) is 0 Å². The second-order valence-electron chi connectivity index (χ2n) is 4.98. The maximum atomic E-state index is 12.9. The molecule has 0 aromatic heterocycles. The van der Waals surface area contributed by atoms with Gasteiger partial charge < -0.3 is 0 Å². The Morgan fingerprint density at radius 1 is 1.22 bits per heavy atom. The first kappa shape index (κ1) is 16.6. The van der Waals surface area contributed by atoms with E-state index in [0.717, 1.165) is 12.8 Å². The van der Waals surface area contributed by atoms with Crippen molar-refractivity contribution < 1.29 is 4.39 Å². The zero-order valence-electron chi connectivity index (χ0n) is 12.1. The van der Waals surface area contributed by atoms with Crippen LogP contribution in [0.25, 0.3) is 0 Å². The summed E-state index contributed by atoms with van der Waals surface area (Å²) in [5.74, 6) is 0.122. The van der Waals surface area contributed by atoms with Crippen molar-refractivity contribution in [2.24, 2.45) is 5.92 Å². The smallest absolute Gasteiger partial charge is 0.122 e. The maximum absolute atomic E-state index is 12.9. The van der Waals surface area contributed by atoms with Gasteiger partial charge in [-0.15, -0.1) is 0 Å². The Kier molecular flexibility index (Phi) is 8.02. The number of hydrogen-bond donors (Lipinski definition) is 0. The Labute approximate surface area is 111 Å². The van der Waals surface area contributed by atoms with Gasteiger partial charge in [-0.05, 0) is 51.7 Å². The summed E-state index contributed by atoms with van der Waals surface area (Å²) in [6.07, 6.45) is 8.66. The van der Waals surface area contributed by atoms with E-state index in [1.54, 1.807) is 0 Å². The summed E-state index contributed by atoms with van der Waals surface area (Å²) >= 11 is 0. The molecule has 0 N–H and O–H groups in total. The largest absolute Gasteiger partial charge is 0.207 e. The first-order valence-electron chi connectivity index (χ1n) is 6.33. The predicted octanol–water partition coefficient (Wildman–Crippen LogP) is 5.91. The molecule has 0 aromatic rings. The monoisotopic (exact) mass is 248 g/mol. The second-order valence-corrected chi connectivity index (χ2v) is 4.98. The number of rotatable bonds is 7. The van der Waals surface area contributed by atoms with Gasteiger partial charge in [-0.3, -0.25) is 0 Å². The van der Waals surface area contributed by atoms with Crippen LogP contribution in [0, 0.1) is 5.92 Å². The summed E-state index contributed by atoms with van der Waals surface area (Å²) in [5.41, 5.74) is 3.70. The minimum atomic E-state index is -0.295. The number of hydrogen-bond acceptors (Lipinski definition) is 0. The average Bonchev–Trinajstić information content (AvgIpc) is 2.32. The lowest BCUT2D eigenvalue weighted by Gasteiger charge is -2.12. The average molecular weight is 248 g/mol. The van der Waals surface area contributed by atoms with Gasteiger partial charge in [0.25, 0.3) is 0 Å². The third kappa shape index (κ3) is 7.83. The highest BCUT2D eigenvalue weighted by Gasteiger charge is 2.04. The van der Waals surface area contributed by atoms with Crippen LogP contribution in [-0.2, 0) is 0 Å². The predicted molar refractivity (Wildman–Crippen MR) is 80.1 cm³/mol. The molecule has 0 nitrogen and oxygen atoms in total. The van der Waals surface area contributed by atoms with Crippen LogP contribution in [0.1, 0.15) is 40.5 Å². The Hall–Kier alpha value is -1.37. The van der Waals surface area contributed by atoms with E-state index >= 15 is 0 Å². The molecule has 0 spiro atoms. The van der Waals surface area contributed by atoms with Crippen LogP contribution in [0.15, 0.2) is 60.0 Å². The van der Waals surface area contributed by atoms with Crippen LogP contribution in [-0.4, -0.2) is 0 Å². The van der Waals surface area contributed by atoms with Gasteiger partial charge in [0.2, 0.25) is 0 Å². The molecule has 0 saturated carbocycles. The SMILES string of the molecule is C=C/C(F)=C\C=C(/C)C(C)C/C(C)=C/CC(=C)C. The third-order valence-corrected chi connectivity index (χ3v) is 2.90. The molecule has 0 amide bonds. The van der Waals surface area contributed by atoms with Crippen LogP contribution in [0.4, 0.5) is 4.39 Å². The topological polar surface area (TPSA) is 0 Å². The zero-order chi connectivity index (χ0) is 14.1. The van der Waals surface area contributed by atoms with Crippen LogP contribution in [0.3, 0.4) is 0 Å². The fourth-order valence-electron chi connectivity index (χ4n) is 1.52. The molecule has 0 aliphatic rings. The molecule has 0 saturated heterocycles. The molecule has 0 fully saturated rings. The van der Waals surface area contributed by atoms with Crippen LogP contribution < -0.4 is 0 Å². The summed E-state index contributed by atoms with van der Waals surface area (Å²) in [5, 5.41) is 0. The van der Waals surface area contributed by atoms with Crippen LogP contribution >= 0.6 is 0 Å². The van der Waals surface area contributed by atoms with Crippen molar-refractivity contribution in [2.75, 3.05) is 0 Å². The number of halogens is 1. The normalized spacial score (nSPS) is 15.5. The van der Waals surface area contributed by atoms with Gasteiger partial charge in [0.05, 0.1) is 0 Å². The van der Waals surface area contributed by atoms with Crippen molar-refractivity contribution in [3.05, 3.63) is 60.0 Å². The minimum Gasteiger partial charge on any atom is -0.207 e. The maximum Gasteiger partial charge on any atom is 0.122 e. The second kappa shape index (κ2) is 8.68. The minimum absolute atomic E-state index is 0.295. The molecular weight excluding hydrogens is 223 g/mol. The molecule has 1 atom stereocenters. The molecule has 0 aliphatic carbocycles. The fraction of sp³-hybridized carbons (Fsp3) is 0.412. The highest BCUT2D eigenvalue weighted by atomic mass is 19.1. The van der Waals surface area contributed by atoms with Crippen molar-refractivity contribution in [1.29, 1.82) is 0 Å². The highest BCUT2D eigenvalue weighted by molar-refractivity contribution is 5.21. The lowest BCUT2D eigenvalue weighted by Crippen LogP contribution is -1.97. The van der Waals surface area contributed by atoms with Crippen LogP contribution in [0.5, 0.6) is 0 Å². The van der Waals surface area contributed by atoms with E-state index in [1.807, 2.05) is 19.9 Å². The summed E-state index contributed by atoms with van der Waals surface area (Å²) < 4.78 is 12.9. The van der Waals surface area contributed by atoms with Gasteiger partial charge in [0.15, 0.2) is 0 Å². The van der Waals surface area contributed by atoms with Crippen molar-refractivity contribution in [3.63, 3.8) is 0 Å². The zero-order valence-corrected chi connectivity index (χ0v) is 12.1. The molecule has 18 heavy (non-hydrogen) atoms. The summed E-state index contributed by atoms with van der Waals surface area (Å²) in [6, 6.07) is 0. The molecule has 0 rings (SSSR count). The van der Waals surface area contributed by atoms with Crippen LogP contribution in [0.2, 0.25) is 0 Å². The van der Waals surface area contributed by atoms with Crippen molar-refractivity contribution in [1.82, 2.24) is 0 Å². The van der Waals surface area contributed by atoms with E-state index in [2.05, 4.69) is 33.1 Å². The first-order chi connectivity index (χ1) is 8.36.